The van der Waals surface area contributed by atoms with Crippen LogP contribution in [0.5, 0.6) is 0 Å². The Morgan fingerprint density at radius 1 is 1.28 bits per heavy atom. The van der Waals surface area contributed by atoms with Gasteiger partial charge in [0.2, 0.25) is 5.82 Å². The molecule has 7 nitrogen and oxygen atoms in total. The van der Waals surface area contributed by atoms with Gasteiger partial charge in [-0.3, -0.25) is 14.9 Å². The Labute approximate surface area is 142 Å². The number of nitrogens with one attached hydrogen (secondary N) is 1. The van der Waals surface area contributed by atoms with Crippen LogP contribution in [-0.2, 0) is 9.47 Å². The van der Waals surface area contributed by atoms with Gasteiger partial charge in [-0.15, -0.1) is 0 Å². The van der Waals surface area contributed by atoms with E-state index in [1.807, 2.05) is 0 Å². The second kappa shape index (κ2) is 7.01. The van der Waals surface area contributed by atoms with Crippen molar-refractivity contribution in [2.45, 2.75) is 44.0 Å². The van der Waals surface area contributed by atoms with E-state index in [1.165, 1.54) is 0 Å². The number of carbonyl (C=O) groups is 1. The average molecular weight is 356 g/mol. The first kappa shape index (κ1) is 17.7. The predicted molar refractivity (Wildman–Crippen MR) is 82.0 cm³/mol. The zero-order valence-corrected chi connectivity index (χ0v) is 13.4. The van der Waals surface area contributed by atoms with Crippen molar-refractivity contribution in [1.82, 2.24) is 5.32 Å². The molecule has 1 aliphatic heterocycles. The van der Waals surface area contributed by atoms with Crippen LogP contribution >= 0.6 is 0 Å². The third-order valence-electron chi connectivity index (χ3n) is 4.50. The Hall–Kier alpha value is -2.13. The van der Waals surface area contributed by atoms with E-state index in [0.29, 0.717) is 18.7 Å². The number of nitrogens with zero attached hydrogens (tertiary/aromatic N) is 1. The highest BCUT2D eigenvalue weighted by atomic mass is 19.1. The van der Waals surface area contributed by atoms with Crippen molar-refractivity contribution in [3.05, 3.63) is 39.4 Å². The molecule has 2 fully saturated rings. The van der Waals surface area contributed by atoms with E-state index in [-0.39, 0.29) is 12.6 Å². The maximum Gasteiger partial charge on any atom is 0.307 e. The molecule has 1 aromatic rings. The molecular weight excluding hydrogens is 338 g/mol. The molecule has 0 bridgehead atoms. The Morgan fingerprint density at radius 2 is 2.00 bits per heavy atom. The quantitative estimate of drug-likeness (QED) is 0.662. The lowest BCUT2D eigenvalue weighted by Gasteiger charge is -2.31. The minimum atomic E-state index is -1.27. The van der Waals surface area contributed by atoms with Gasteiger partial charge in [-0.05, 0) is 18.9 Å². The number of halogens is 2. The summed E-state index contributed by atoms with van der Waals surface area (Å²) in [6, 6.07) is 0.924. The van der Waals surface area contributed by atoms with Crippen molar-refractivity contribution in [3.8, 4) is 0 Å². The number of benzene rings is 1. The van der Waals surface area contributed by atoms with Crippen molar-refractivity contribution in [2.24, 2.45) is 0 Å². The molecule has 0 aromatic heterocycles. The summed E-state index contributed by atoms with van der Waals surface area (Å²) in [5.41, 5.74) is -1.60. The summed E-state index contributed by atoms with van der Waals surface area (Å²) < 4.78 is 39.0. The lowest BCUT2D eigenvalue weighted by molar-refractivity contribution is -0.387. The number of nitro benzene ring substituents is 1. The van der Waals surface area contributed by atoms with E-state index >= 15 is 0 Å². The summed E-state index contributed by atoms with van der Waals surface area (Å²) in [5, 5.41) is 13.0. The van der Waals surface area contributed by atoms with E-state index in [1.54, 1.807) is 0 Å². The largest absolute Gasteiger partial charge is 0.349 e. The molecule has 25 heavy (non-hydrogen) atoms. The lowest BCUT2D eigenvalue weighted by atomic mass is 9.94. The Kier molecular flexibility index (Phi) is 4.96. The topological polar surface area (TPSA) is 90.7 Å². The second-order valence-corrected chi connectivity index (χ2v) is 6.27. The Balaban J connectivity index is 1.60. The van der Waals surface area contributed by atoms with Gasteiger partial charge in [0.25, 0.3) is 5.91 Å². The molecule has 1 N–H and O–H groups in total. The van der Waals surface area contributed by atoms with Crippen LogP contribution < -0.4 is 5.32 Å². The van der Waals surface area contributed by atoms with Gasteiger partial charge in [0.1, 0.15) is 11.9 Å². The average Bonchev–Trinajstić information content (AvgIpc) is 2.97. The van der Waals surface area contributed by atoms with Crippen molar-refractivity contribution >= 4 is 11.6 Å². The fourth-order valence-corrected chi connectivity index (χ4v) is 3.22. The van der Waals surface area contributed by atoms with E-state index in [9.17, 15) is 23.7 Å². The number of ether oxygens (including phenoxy) is 2. The zero-order valence-electron chi connectivity index (χ0n) is 13.4. The highest BCUT2D eigenvalue weighted by molar-refractivity contribution is 5.94. The molecule has 1 amide bonds. The molecule has 0 radical (unpaired) electrons. The molecule has 1 spiro atoms. The minimum absolute atomic E-state index is 0.0820. The van der Waals surface area contributed by atoms with Crippen molar-refractivity contribution < 1.29 is 28.0 Å². The van der Waals surface area contributed by atoms with Crippen LogP contribution in [-0.4, -0.2) is 35.9 Å². The normalized spacial score (nSPS) is 22.1. The van der Waals surface area contributed by atoms with E-state index in [4.69, 9.17) is 9.47 Å². The highest BCUT2D eigenvalue weighted by Gasteiger charge is 2.42. The molecular formula is C16H18F2N2O5. The van der Waals surface area contributed by atoms with Crippen LogP contribution in [0, 0.1) is 21.7 Å². The van der Waals surface area contributed by atoms with Crippen LogP contribution in [0.1, 0.15) is 42.5 Å². The van der Waals surface area contributed by atoms with Gasteiger partial charge in [0.05, 0.1) is 23.2 Å². The van der Waals surface area contributed by atoms with Crippen LogP contribution in [0.15, 0.2) is 12.1 Å². The summed E-state index contributed by atoms with van der Waals surface area (Å²) >= 11 is 0. The minimum Gasteiger partial charge on any atom is -0.349 e. The summed E-state index contributed by atoms with van der Waals surface area (Å²) in [5.74, 6) is -3.87. The third-order valence-corrected chi connectivity index (χ3v) is 4.50. The fraction of sp³-hybridized carbons (Fsp3) is 0.562. The van der Waals surface area contributed by atoms with Crippen molar-refractivity contribution in [3.63, 3.8) is 0 Å². The van der Waals surface area contributed by atoms with Gasteiger partial charge in [0.15, 0.2) is 5.79 Å². The maximum atomic E-state index is 13.8. The standard InChI is InChI=1S/C16H18F2N2O5/c17-12-7-14(20(22)23)13(18)6-11(12)15(21)19-8-10-9-24-16(25-10)4-2-1-3-5-16/h6-7,10H,1-5,8-9H2,(H,19,21)/t10-/m1/s1. The molecule has 2 aliphatic rings. The molecule has 136 valence electrons. The molecule has 0 unspecified atom stereocenters. The van der Waals surface area contributed by atoms with E-state index in [2.05, 4.69) is 5.32 Å². The van der Waals surface area contributed by atoms with Crippen LogP contribution in [0.3, 0.4) is 0 Å². The summed E-state index contributed by atoms with van der Waals surface area (Å²) in [4.78, 5) is 21.6. The lowest BCUT2D eigenvalue weighted by Crippen LogP contribution is -2.37. The van der Waals surface area contributed by atoms with Gasteiger partial charge >= 0.3 is 5.69 Å². The monoisotopic (exact) mass is 356 g/mol. The number of nitro groups is 1. The number of rotatable bonds is 4. The van der Waals surface area contributed by atoms with Gasteiger partial charge in [-0.1, -0.05) is 6.42 Å². The summed E-state index contributed by atoms with van der Waals surface area (Å²) in [6.45, 7) is 0.399. The molecule has 9 heteroatoms. The predicted octanol–water partition coefficient (Wildman–Crippen LogP) is 2.68. The van der Waals surface area contributed by atoms with E-state index in [0.717, 1.165) is 32.1 Å². The van der Waals surface area contributed by atoms with Crippen LogP contribution in [0.2, 0.25) is 0 Å². The highest BCUT2D eigenvalue weighted by Crippen LogP contribution is 2.37. The van der Waals surface area contributed by atoms with Gasteiger partial charge < -0.3 is 14.8 Å². The Morgan fingerprint density at radius 3 is 2.68 bits per heavy atom. The van der Waals surface area contributed by atoms with Gasteiger partial charge in [0, 0.05) is 19.4 Å². The van der Waals surface area contributed by atoms with E-state index < -0.39 is 39.5 Å². The number of carbonyl (C=O) groups excluding carboxylic acids is 1. The molecule has 1 saturated heterocycles. The maximum absolute atomic E-state index is 13.8. The van der Waals surface area contributed by atoms with Crippen LogP contribution in [0.25, 0.3) is 0 Å². The fourth-order valence-electron chi connectivity index (χ4n) is 3.22. The smallest absolute Gasteiger partial charge is 0.307 e. The molecule has 1 aliphatic carbocycles. The SMILES string of the molecule is O=C(NC[C@@H]1COC2(CCCCC2)O1)c1cc(F)c([N+](=O)[O-])cc1F. The first-order valence-electron chi connectivity index (χ1n) is 8.14. The molecule has 1 saturated carbocycles. The van der Waals surface area contributed by atoms with Crippen molar-refractivity contribution in [1.29, 1.82) is 0 Å². The second-order valence-electron chi connectivity index (χ2n) is 6.27. The third kappa shape index (κ3) is 3.77. The Bertz CT molecular complexity index is 691. The van der Waals surface area contributed by atoms with Crippen molar-refractivity contribution in [2.75, 3.05) is 13.2 Å². The number of hydrogen-bond acceptors (Lipinski definition) is 5. The summed E-state index contributed by atoms with van der Waals surface area (Å²) in [7, 11) is 0. The van der Waals surface area contributed by atoms with Crippen LogP contribution in [0.4, 0.5) is 14.5 Å². The number of amides is 1. The number of hydrogen-bond donors (Lipinski definition) is 1. The molecule has 1 aromatic carbocycles. The first-order valence-corrected chi connectivity index (χ1v) is 8.14. The molecule has 3 rings (SSSR count). The first-order chi connectivity index (χ1) is 11.9. The molecule has 1 atom stereocenters. The zero-order chi connectivity index (χ0) is 18.0. The molecule has 1 heterocycles. The van der Waals surface area contributed by atoms with Gasteiger partial charge in [-0.25, -0.2) is 4.39 Å². The summed E-state index contributed by atoms with van der Waals surface area (Å²) in [6.07, 6.45) is 4.42. The van der Waals surface area contributed by atoms with Gasteiger partial charge in [-0.2, -0.15) is 4.39 Å².